The molecule has 178 valence electrons. The SMILES string of the molecule is CCCN(C#N)S(=O)(=O)N1CCN(c2ncnc3c2ccn3C(=O)OC(C)(C)C)CC12CC2. The highest BCUT2D eigenvalue weighted by molar-refractivity contribution is 7.87. The topological polar surface area (TPSA) is 125 Å². The van der Waals surface area contributed by atoms with Gasteiger partial charge in [-0.25, -0.2) is 19.3 Å². The van der Waals surface area contributed by atoms with Crippen LogP contribution in [0.5, 0.6) is 0 Å². The first-order valence-electron chi connectivity index (χ1n) is 11.0. The summed E-state index contributed by atoms with van der Waals surface area (Å²) in [6.07, 6.45) is 6.33. The summed E-state index contributed by atoms with van der Waals surface area (Å²) >= 11 is 0. The molecule has 2 aliphatic rings. The van der Waals surface area contributed by atoms with E-state index in [4.69, 9.17) is 4.74 Å². The Labute approximate surface area is 193 Å². The van der Waals surface area contributed by atoms with Gasteiger partial charge in [-0.05, 0) is 46.1 Å². The Bertz CT molecular complexity index is 1210. The normalized spacial score (nSPS) is 18.3. The Balaban J connectivity index is 1.61. The molecule has 11 nitrogen and oxygen atoms in total. The van der Waals surface area contributed by atoms with Crippen molar-refractivity contribution in [1.29, 1.82) is 5.26 Å². The molecule has 2 aromatic rings. The molecule has 2 fully saturated rings. The number of rotatable bonds is 5. The van der Waals surface area contributed by atoms with Crippen LogP contribution in [0.4, 0.5) is 10.6 Å². The molecule has 33 heavy (non-hydrogen) atoms. The van der Waals surface area contributed by atoms with E-state index in [1.807, 2.05) is 18.0 Å². The average Bonchev–Trinajstić information content (AvgIpc) is 3.34. The molecule has 1 aliphatic carbocycles. The van der Waals surface area contributed by atoms with Crippen molar-refractivity contribution in [3.05, 3.63) is 18.6 Å². The van der Waals surface area contributed by atoms with E-state index in [0.29, 0.717) is 36.4 Å². The number of hydrogen-bond acceptors (Lipinski definition) is 8. The Morgan fingerprint density at radius 3 is 2.64 bits per heavy atom. The number of piperazine rings is 1. The van der Waals surface area contributed by atoms with Gasteiger partial charge in [0.2, 0.25) is 0 Å². The Kier molecular flexibility index (Phi) is 5.74. The van der Waals surface area contributed by atoms with E-state index in [0.717, 1.165) is 17.1 Å². The second-order valence-electron chi connectivity index (χ2n) is 9.50. The first-order chi connectivity index (χ1) is 15.5. The van der Waals surface area contributed by atoms with Crippen LogP contribution in [0.2, 0.25) is 0 Å². The van der Waals surface area contributed by atoms with Gasteiger partial charge >= 0.3 is 16.3 Å². The zero-order chi connectivity index (χ0) is 24.0. The summed E-state index contributed by atoms with van der Waals surface area (Å²) in [4.78, 5) is 23.4. The van der Waals surface area contributed by atoms with Crippen molar-refractivity contribution in [2.45, 2.75) is 58.1 Å². The molecule has 1 spiro atoms. The number of carbonyl (C=O) groups excluding carboxylic acids is 1. The third kappa shape index (κ3) is 4.22. The summed E-state index contributed by atoms with van der Waals surface area (Å²) in [5.74, 6) is 0.649. The van der Waals surface area contributed by atoms with Crippen LogP contribution in [0.15, 0.2) is 18.6 Å². The molecule has 0 atom stereocenters. The van der Waals surface area contributed by atoms with Crippen LogP contribution < -0.4 is 4.90 Å². The molecule has 0 aromatic carbocycles. The lowest BCUT2D eigenvalue weighted by molar-refractivity contribution is 0.0543. The second-order valence-corrected chi connectivity index (χ2v) is 11.3. The van der Waals surface area contributed by atoms with Gasteiger partial charge < -0.3 is 9.64 Å². The fourth-order valence-electron chi connectivity index (χ4n) is 4.24. The van der Waals surface area contributed by atoms with E-state index in [-0.39, 0.29) is 13.1 Å². The summed E-state index contributed by atoms with van der Waals surface area (Å²) < 4.78 is 35.5. The third-order valence-corrected chi connectivity index (χ3v) is 7.81. The van der Waals surface area contributed by atoms with Gasteiger partial charge in [0.15, 0.2) is 11.8 Å². The molecule has 1 saturated heterocycles. The number of fused-ring (bicyclic) bond motifs is 1. The molecule has 0 amide bonds. The maximum absolute atomic E-state index is 13.1. The van der Waals surface area contributed by atoms with Gasteiger partial charge in [0.1, 0.15) is 17.7 Å². The summed E-state index contributed by atoms with van der Waals surface area (Å²) in [5.41, 5.74) is -0.753. The zero-order valence-corrected chi connectivity index (χ0v) is 20.2. The van der Waals surface area contributed by atoms with Crippen LogP contribution in [0.25, 0.3) is 11.0 Å². The van der Waals surface area contributed by atoms with Gasteiger partial charge in [0.25, 0.3) is 0 Å². The van der Waals surface area contributed by atoms with Crippen molar-refractivity contribution in [2.24, 2.45) is 0 Å². The predicted molar refractivity (Wildman–Crippen MR) is 122 cm³/mol. The number of ether oxygens (including phenoxy) is 1. The smallest absolute Gasteiger partial charge is 0.420 e. The molecular weight excluding hydrogens is 446 g/mol. The number of aromatic nitrogens is 3. The molecule has 4 rings (SSSR count). The number of carbonyl (C=O) groups is 1. The van der Waals surface area contributed by atoms with Crippen LogP contribution >= 0.6 is 0 Å². The summed E-state index contributed by atoms with van der Waals surface area (Å²) in [5, 5.41) is 10.1. The van der Waals surface area contributed by atoms with Gasteiger partial charge in [-0.1, -0.05) is 6.92 Å². The number of nitriles is 1. The lowest BCUT2D eigenvalue weighted by Gasteiger charge is -2.42. The molecule has 1 saturated carbocycles. The molecule has 12 heteroatoms. The molecule has 3 heterocycles. The van der Waals surface area contributed by atoms with E-state index in [9.17, 15) is 18.5 Å². The van der Waals surface area contributed by atoms with Crippen LogP contribution in [-0.2, 0) is 14.9 Å². The van der Waals surface area contributed by atoms with Crippen molar-refractivity contribution in [2.75, 3.05) is 31.1 Å². The van der Waals surface area contributed by atoms with Gasteiger partial charge in [0.05, 0.1) is 10.9 Å². The number of hydrogen-bond donors (Lipinski definition) is 0. The monoisotopic (exact) mass is 475 g/mol. The number of nitrogens with zero attached hydrogens (tertiary/aromatic N) is 7. The first-order valence-corrected chi connectivity index (χ1v) is 12.4. The van der Waals surface area contributed by atoms with Crippen molar-refractivity contribution in [1.82, 2.24) is 23.1 Å². The lowest BCUT2D eigenvalue weighted by atomic mass is 10.2. The standard InChI is InChI=1S/C21H29N7O4S/c1-5-9-26(14-22)33(30,31)28-12-11-25(13-21(28)7-8-21)17-16-6-10-27(18(16)24-15-23-17)19(29)32-20(2,3)4/h6,10,15H,5,7-9,11-13H2,1-4H3. The van der Waals surface area contributed by atoms with E-state index < -0.39 is 27.4 Å². The zero-order valence-electron chi connectivity index (χ0n) is 19.4. The molecule has 2 aromatic heterocycles. The molecule has 0 radical (unpaired) electrons. The highest BCUT2D eigenvalue weighted by Crippen LogP contribution is 2.47. The van der Waals surface area contributed by atoms with Gasteiger partial charge in [-0.2, -0.15) is 22.3 Å². The second kappa shape index (κ2) is 8.14. The van der Waals surface area contributed by atoms with Gasteiger partial charge in [0, 0.05) is 32.4 Å². The fourth-order valence-corrected chi connectivity index (χ4v) is 6.04. The van der Waals surface area contributed by atoms with Crippen molar-refractivity contribution in [3.63, 3.8) is 0 Å². The highest BCUT2D eigenvalue weighted by atomic mass is 32.2. The van der Waals surface area contributed by atoms with Crippen LogP contribution in [0, 0.1) is 11.5 Å². The van der Waals surface area contributed by atoms with Crippen LogP contribution in [0.1, 0.15) is 47.0 Å². The Morgan fingerprint density at radius 2 is 2.03 bits per heavy atom. The summed E-state index contributed by atoms with van der Waals surface area (Å²) in [6.45, 7) is 8.53. The average molecular weight is 476 g/mol. The molecule has 0 N–H and O–H groups in total. The highest BCUT2D eigenvalue weighted by Gasteiger charge is 2.57. The largest absolute Gasteiger partial charge is 0.443 e. The summed E-state index contributed by atoms with van der Waals surface area (Å²) in [7, 11) is -3.87. The maximum atomic E-state index is 13.1. The predicted octanol–water partition coefficient (Wildman–Crippen LogP) is 2.31. The molecule has 1 aliphatic heterocycles. The molecular formula is C21H29N7O4S. The van der Waals surface area contributed by atoms with E-state index in [1.165, 1.54) is 15.2 Å². The third-order valence-electron chi connectivity index (χ3n) is 5.86. The molecule has 0 unspecified atom stereocenters. The summed E-state index contributed by atoms with van der Waals surface area (Å²) in [6, 6.07) is 1.77. The van der Waals surface area contributed by atoms with E-state index in [1.54, 1.807) is 33.0 Å². The minimum absolute atomic E-state index is 0.167. The minimum Gasteiger partial charge on any atom is -0.443 e. The Morgan fingerprint density at radius 1 is 1.30 bits per heavy atom. The van der Waals surface area contributed by atoms with Crippen molar-refractivity contribution in [3.8, 4) is 6.19 Å². The molecule has 0 bridgehead atoms. The number of anilines is 1. The van der Waals surface area contributed by atoms with Crippen LogP contribution in [-0.4, -0.2) is 75.0 Å². The van der Waals surface area contributed by atoms with Crippen molar-refractivity contribution < 1.29 is 17.9 Å². The van der Waals surface area contributed by atoms with Crippen molar-refractivity contribution >= 4 is 33.2 Å². The van der Waals surface area contributed by atoms with E-state index in [2.05, 4.69) is 9.97 Å². The minimum atomic E-state index is -3.87. The maximum Gasteiger partial charge on any atom is 0.420 e. The van der Waals surface area contributed by atoms with Gasteiger partial charge in [-0.15, -0.1) is 0 Å². The first kappa shape index (κ1) is 23.3. The lowest BCUT2D eigenvalue weighted by Crippen LogP contribution is -2.59. The quantitative estimate of drug-likeness (QED) is 0.476. The van der Waals surface area contributed by atoms with Gasteiger partial charge in [-0.3, -0.25) is 0 Å². The fraction of sp³-hybridized carbons (Fsp3) is 0.619. The Hall–Kier alpha value is -2.91. The van der Waals surface area contributed by atoms with Crippen LogP contribution in [0.3, 0.4) is 0 Å². The van der Waals surface area contributed by atoms with E-state index >= 15 is 0 Å².